The fourth-order valence-corrected chi connectivity index (χ4v) is 2.59. The Morgan fingerprint density at radius 2 is 1.95 bits per heavy atom. The molecule has 1 aliphatic rings. The fourth-order valence-electron chi connectivity index (χ4n) is 2.59. The molecule has 0 spiro atoms. The predicted octanol–water partition coefficient (Wildman–Crippen LogP) is 2.62. The van der Waals surface area contributed by atoms with Crippen LogP contribution >= 0.6 is 0 Å². The highest BCUT2D eigenvalue weighted by Crippen LogP contribution is 2.18. The van der Waals surface area contributed by atoms with Crippen LogP contribution in [0.4, 0.5) is 11.6 Å². The molecule has 2 heterocycles. The molecule has 2 N–H and O–H groups in total. The summed E-state index contributed by atoms with van der Waals surface area (Å²) in [5.41, 5.74) is 7.63. The van der Waals surface area contributed by atoms with E-state index < -0.39 is 0 Å². The molecule has 0 atom stereocenters. The van der Waals surface area contributed by atoms with Crippen LogP contribution in [0.25, 0.3) is 0 Å². The number of nitrogen functional groups attached to an aromatic ring is 1. The maximum Gasteiger partial charge on any atom is 0.266 e. The van der Waals surface area contributed by atoms with Crippen LogP contribution in [0, 0.1) is 0 Å². The molecule has 20 heavy (non-hydrogen) atoms. The first-order valence-corrected chi connectivity index (χ1v) is 7.23. The number of hydrogen-bond donors (Lipinski definition) is 1. The van der Waals surface area contributed by atoms with Crippen molar-refractivity contribution in [2.24, 2.45) is 0 Å². The lowest BCUT2D eigenvalue weighted by Gasteiger charge is -2.16. The maximum absolute atomic E-state index is 5.78. The summed E-state index contributed by atoms with van der Waals surface area (Å²) in [7, 11) is 0. The Morgan fingerprint density at radius 1 is 1.15 bits per heavy atom. The van der Waals surface area contributed by atoms with Crippen molar-refractivity contribution in [1.82, 2.24) is 10.1 Å². The molecule has 1 aromatic heterocycles. The number of anilines is 2. The summed E-state index contributed by atoms with van der Waals surface area (Å²) in [4.78, 5) is 6.73. The second-order valence-electron chi connectivity index (χ2n) is 5.31. The van der Waals surface area contributed by atoms with Gasteiger partial charge in [0.15, 0.2) is 0 Å². The van der Waals surface area contributed by atoms with Gasteiger partial charge in [-0.25, -0.2) is 0 Å². The highest BCUT2D eigenvalue weighted by molar-refractivity contribution is 5.41. The number of hydrogen-bond acceptors (Lipinski definition) is 5. The molecule has 0 amide bonds. The molecule has 0 aliphatic carbocycles. The number of aromatic nitrogens is 2. The van der Waals surface area contributed by atoms with Gasteiger partial charge in [0.1, 0.15) is 0 Å². The minimum Gasteiger partial charge on any atom is -0.399 e. The minimum absolute atomic E-state index is 0.631. The molecule has 2 aromatic rings. The van der Waals surface area contributed by atoms with E-state index in [-0.39, 0.29) is 0 Å². The molecule has 0 bridgehead atoms. The standard InChI is InChI=1S/C15H20N4O/c16-13-7-5-6-12(10-13)11-14-17-15(18-20-14)19-8-3-1-2-4-9-19/h5-7,10H,1-4,8-9,11,16H2. The van der Waals surface area contributed by atoms with Crippen LogP contribution in [0.15, 0.2) is 28.8 Å². The normalized spacial score (nSPS) is 16.1. The first kappa shape index (κ1) is 13.0. The van der Waals surface area contributed by atoms with Gasteiger partial charge in [0.25, 0.3) is 5.95 Å². The lowest BCUT2D eigenvalue weighted by molar-refractivity contribution is 0.384. The van der Waals surface area contributed by atoms with Crippen molar-refractivity contribution in [3.63, 3.8) is 0 Å². The number of nitrogens with zero attached hydrogens (tertiary/aromatic N) is 3. The van der Waals surface area contributed by atoms with E-state index in [4.69, 9.17) is 10.3 Å². The van der Waals surface area contributed by atoms with Crippen molar-refractivity contribution >= 4 is 11.6 Å². The summed E-state index contributed by atoms with van der Waals surface area (Å²) < 4.78 is 5.36. The number of rotatable bonds is 3. The first-order chi connectivity index (χ1) is 9.81. The van der Waals surface area contributed by atoms with E-state index in [0.717, 1.165) is 30.3 Å². The van der Waals surface area contributed by atoms with Gasteiger partial charge in [-0.1, -0.05) is 25.0 Å². The molecular formula is C15H20N4O. The summed E-state index contributed by atoms with van der Waals surface area (Å²) >= 11 is 0. The van der Waals surface area contributed by atoms with E-state index in [1.54, 1.807) is 0 Å². The van der Waals surface area contributed by atoms with Gasteiger partial charge in [-0.05, 0) is 35.7 Å². The van der Waals surface area contributed by atoms with E-state index in [1.165, 1.54) is 25.7 Å². The molecule has 3 rings (SSSR count). The highest BCUT2D eigenvalue weighted by Gasteiger charge is 2.16. The van der Waals surface area contributed by atoms with Gasteiger partial charge in [0.05, 0.1) is 6.42 Å². The van der Waals surface area contributed by atoms with Gasteiger partial charge in [0, 0.05) is 18.8 Å². The molecule has 106 valence electrons. The van der Waals surface area contributed by atoms with Crippen molar-refractivity contribution in [1.29, 1.82) is 0 Å². The second kappa shape index (κ2) is 5.94. The van der Waals surface area contributed by atoms with Crippen molar-refractivity contribution in [3.05, 3.63) is 35.7 Å². The van der Waals surface area contributed by atoms with Crippen LogP contribution in [-0.2, 0) is 6.42 Å². The average molecular weight is 272 g/mol. The molecule has 0 saturated carbocycles. The third kappa shape index (κ3) is 3.10. The second-order valence-corrected chi connectivity index (χ2v) is 5.31. The Bertz CT molecular complexity index is 559. The smallest absolute Gasteiger partial charge is 0.266 e. The molecule has 0 unspecified atom stereocenters. The summed E-state index contributed by atoms with van der Waals surface area (Å²) in [5.74, 6) is 1.38. The van der Waals surface area contributed by atoms with Crippen LogP contribution in [0.5, 0.6) is 0 Å². The van der Waals surface area contributed by atoms with Crippen molar-refractivity contribution in [3.8, 4) is 0 Å². The highest BCUT2D eigenvalue weighted by atomic mass is 16.5. The summed E-state index contributed by atoms with van der Waals surface area (Å²) in [6, 6.07) is 7.78. The first-order valence-electron chi connectivity index (χ1n) is 7.23. The fraction of sp³-hybridized carbons (Fsp3) is 0.467. The lowest BCUT2D eigenvalue weighted by atomic mass is 10.1. The van der Waals surface area contributed by atoms with Gasteiger partial charge in [-0.2, -0.15) is 4.98 Å². The molecule has 5 nitrogen and oxygen atoms in total. The summed E-state index contributed by atoms with van der Waals surface area (Å²) in [6.45, 7) is 2.05. The van der Waals surface area contributed by atoms with Crippen LogP contribution in [-0.4, -0.2) is 23.2 Å². The topological polar surface area (TPSA) is 68.2 Å². The predicted molar refractivity (Wildman–Crippen MR) is 78.6 cm³/mol. The Labute approximate surface area is 118 Å². The maximum atomic E-state index is 5.78. The van der Waals surface area contributed by atoms with Crippen molar-refractivity contribution < 1.29 is 4.52 Å². The SMILES string of the molecule is Nc1cccc(Cc2nc(N3CCCCCC3)no2)c1. The summed E-state index contributed by atoms with van der Waals surface area (Å²) in [5, 5.41) is 4.11. The Balaban J connectivity index is 1.70. The van der Waals surface area contributed by atoms with E-state index >= 15 is 0 Å². The van der Waals surface area contributed by atoms with Gasteiger partial charge in [-0.15, -0.1) is 0 Å². The van der Waals surface area contributed by atoms with E-state index in [2.05, 4.69) is 15.0 Å². The van der Waals surface area contributed by atoms with Crippen LogP contribution < -0.4 is 10.6 Å². The minimum atomic E-state index is 0.631. The van der Waals surface area contributed by atoms with E-state index in [1.807, 2.05) is 24.3 Å². The lowest BCUT2D eigenvalue weighted by Crippen LogP contribution is -2.24. The Kier molecular flexibility index (Phi) is 3.85. The van der Waals surface area contributed by atoms with Crippen LogP contribution in [0.2, 0.25) is 0 Å². The molecule has 1 saturated heterocycles. The van der Waals surface area contributed by atoms with Crippen LogP contribution in [0.3, 0.4) is 0 Å². The zero-order chi connectivity index (χ0) is 13.8. The van der Waals surface area contributed by atoms with Gasteiger partial charge >= 0.3 is 0 Å². The number of benzene rings is 1. The largest absolute Gasteiger partial charge is 0.399 e. The zero-order valence-electron chi connectivity index (χ0n) is 11.6. The van der Waals surface area contributed by atoms with E-state index in [9.17, 15) is 0 Å². The Morgan fingerprint density at radius 3 is 2.70 bits per heavy atom. The third-order valence-electron chi connectivity index (χ3n) is 3.65. The van der Waals surface area contributed by atoms with Gasteiger partial charge in [-0.3, -0.25) is 0 Å². The monoisotopic (exact) mass is 272 g/mol. The van der Waals surface area contributed by atoms with Crippen molar-refractivity contribution in [2.45, 2.75) is 32.1 Å². The average Bonchev–Trinajstić information content (AvgIpc) is 2.73. The molecule has 5 heteroatoms. The molecule has 1 fully saturated rings. The molecule has 0 radical (unpaired) electrons. The molecule has 1 aromatic carbocycles. The van der Waals surface area contributed by atoms with Crippen LogP contribution in [0.1, 0.15) is 37.1 Å². The van der Waals surface area contributed by atoms with E-state index in [0.29, 0.717) is 12.3 Å². The van der Waals surface area contributed by atoms with Gasteiger partial charge in [0.2, 0.25) is 5.89 Å². The van der Waals surface area contributed by atoms with Crippen molar-refractivity contribution in [2.75, 3.05) is 23.7 Å². The Hall–Kier alpha value is -2.04. The number of nitrogens with two attached hydrogens (primary N) is 1. The van der Waals surface area contributed by atoms with Gasteiger partial charge < -0.3 is 15.2 Å². The molecule has 1 aliphatic heterocycles. The summed E-state index contributed by atoms with van der Waals surface area (Å²) in [6.07, 6.45) is 5.64. The quantitative estimate of drug-likeness (QED) is 0.870. The third-order valence-corrected chi connectivity index (χ3v) is 3.65. The molecular weight excluding hydrogens is 252 g/mol. The zero-order valence-corrected chi connectivity index (χ0v) is 11.6.